The van der Waals surface area contributed by atoms with Gasteiger partial charge in [0.1, 0.15) is 0 Å². The van der Waals surface area contributed by atoms with Crippen LogP contribution < -0.4 is 15.9 Å². The number of fused-ring (bicyclic) bond motifs is 2. The number of rotatable bonds is 7. The molecule has 4 aromatic rings. The molecule has 2 aromatic heterocycles. The van der Waals surface area contributed by atoms with E-state index in [1.54, 1.807) is 37.8 Å². The number of nitrogens with zero attached hydrogens (tertiary/aromatic N) is 3. The van der Waals surface area contributed by atoms with Gasteiger partial charge in [-0.25, -0.2) is 8.93 Å². The van der Waals surface area contributed by atoms with Crippen LogP contribution in [0.3, 0.4) is 0 Å². The lowest BCUT2D eigenvalue weighted by atomic mass is 10.1. The number of hydrogen-bond acceptors (Lipinski definition) is 6. The van der Waals surface area contributed by atoms with Gasteiger partial charge in [-0.1, -0.05) is 24.3 Å². The highest BCUT2D eigenvalue weighted by Crippen LogP contribution is 2.19. The van der Waals surface area contributed by atoms with Crippen molar-refractivity contribution in [1.82, 2.24) is 14.7 Å². The van der Waals surface area contributed by atoms with Gasteiger partial charge < -0.3 is 5.73 Å². The van der Waals surface area contributed by atoms with E-state index < -0.39 is 11.0 Å². The Bertz CT molecular complexity index is 1450. The van der Waals surface area contributed by atoms with Crippen molar-refractivity contribution in [3.8, 4) is 0 Å². The zero-order valence-electron chi connectivity index (χ0n) is 18.1. The molecule has 0 bridgehead atoms. The highest BCUT2D eigenvalue weighted by Gasteiger charge is 2.09. The second-order valence-corrected chi connectivity index (χ2v) is 8.65. The quantitative estimate of drug-likeness (QED) is 0.414. The molecule has 0 fully saturated rings. The normalized spacial score (nSPS) is 13.1. The number of nitrogens with two attached hydrogens (primary N) is 1. The molecule has 2 aromatic carbocycles. The van der Waals surface area contributed by atoms with Crippen LogP contribution in [0.1, 0.15) is 16.8 Å². The van der Waals surface area contributed by atoms with E-state index in [0.29, 0.717) is 34.0 Å². The number of hydrogen-bond donors (Lipinski definition) is 2. The fourth-order valence-corrected chi connectivity index (χ4v) is 4.40. The molecule has 1 atom stereocenters. The van der Waals surface area contributed by atoms with Crippen molar-refractivity contribution < 1.29 is 4.21 Å². The van der Waals surface area contributed by atoms with E-state index in [4.69, 9.17) is 5.73 Å². The molecule has 33 heavy (non-hydrogen) atoms. The van der Waals surface area contributed by atoms with Crippen molar-refractivity contribution in [2.24, 2.45) is 10.7 Å². The Hall–Kier alpha value is -3.75. The second-order valence-electron chi connectivity index (χ2n) is 7.38. The zero-order valence-corrected chi connectivity index (χ0v) is 18.9. The highest BCUT2D eigenvalue weighted by atomic mass is 32.2. The van der Waals surface area contributed by atoms with Gasteiger partial charge in [-0.15, -0.1) is 0 Å². The Labute approximate surface area is 193 Å². The summed E-state index contributed by atoms with van der Waals surface area (Å²) in [6.45, 7) is 0.403. The predicted molar refractivity (Wildman–Crippen MR) is 135 cm³/mol. The summed E-state index contributed by atoms with van der Waals surface area (Å²) in [5, 5.41) is 1.82. The van der Waals surface area contributed by atoms with E-state index in [-0.39, 0.29) is 11.2 Å². The Morgan fingerprint density at radius 2 is 1.97 bits per heavy atom. The van der Waals surface area contributed by atoms with E-state index >= 15 is 0 Å². The standard InChI is InChI=1S/C25H23N5O2S/c1-27-13-20(12-26)19-11-23-24(29-14-19)8-7-18-6-5-17(10-22(18)25(23)31)16-33(32)30-15-21-4-2-3-9-28-21/h2-14,30H,15-16,26H2,1H3/b20-12+,27-13?. The largest absolute Gasteiger partial charge is 0.404 e. The number of pyridine rings is 2. The van der Waals surface area contributed by atoms with Gasteiger partial charge in [0.25, 0.3) is 0 Å². The van der Waals surface area contributed by atoms with Gasteiger partial charge in [0, 0.05) is 53.8 Å². The smallest absolute Gasteiger partial charge is 0.195 e. The molecule has 0 radical (unpaired) electrons. The third kappa shape index (κ3) is 5.19. The third-order valence-corrected chi connectivity index (χ3v) is 6.23. The maximum absolute atomic E-state index is 13.4. The Morgan fingerprint density at radius 1 is 1.12 bits per heavy atom. The first-order valence-electron chi connectivity index (χ1n) is 10.3. The van der Waals surface area contributed by atoms with Crippen LogP contribution in [0.25, 0.3) is 27.2 Å². The van der Waals surface area contributed by atoms with Crippen LogP contribution in [0.4, 0.5) is 0 Å². The summed E-state index contributed by atoms with van der Waals surface area (Å²) in [5.41, 5.74) is 9.17. The van der Waals surface area contributed by atoms with Crippen LogP contribution in [0.5, 0.6) is 0 Å². The molecule has 3 N–H and O–H groups in total. The van der Waals surface area contributed by atoms with Crippen LogP contribution in [-0.2, 0) is 23.3 Å². The third-order valence-electron chi connectivity index (χ3n) is 5.17. The molecule has 0 saturated carbocycles. The van der Waals surface area contributed by atoms with E-state index in [1.807, 2.05) is 42.5 Å². The molecule has 0 aliphatic carbocycles. The molecule has 0 aliphatic rings. The summed E-state index contributed by atoms with van der Waals surface area (Å²) in [6, 6.07) is 16.6. The summed E-state index contributed by atoms with van der Waals surface area (Å²) < 4.78 is 15.5. The van der Waals surface area contributed by atoms with Gasteiger partial charge in [-0.05, 0) is 41.3 Å². The first kappa shape index (κ1) is 22.4. The molecule has 2 heterocycles. The van der Waals surface area contributed by atoms with Gasteiger partial charge >= 0.3 is 0 Å². The fraction of sp³-hybridized carbons (Fsp3) is 0.120. The fourth-order valence-electron chi connectivity index (χ4n) is 3.51. The number of nitrogens with one attached hydrogen (secondary N) is 1. The molecular formula is C25H23N5O2S. The zero-order chi connectivity index (χ0) is 23.2. The first-order valence-corrected chi connectivity index (χ1v) is 11.6. The molecule has 0 amide bonds. The van der Waals surface area contributed by atoms with E-state index in [9.17, 15) is 9.00 Å². The summed E-state index contributed by atoms with van der Waals surface area (Å²) >= 11 is 0. The minimum atomic E-state index is -1.31. The minimum absolute atomic E-state index is 0.141. The number of benzene rings is 1. The van der Waals surface area contributed by atoms with E-state index in [1.165, 1.54) is 6.20 Å². The van der Waals surface area contributed by atoms with Crippen LogP contribution in [-0.4, -0.2) is 27.4 Å². The Morgan fingerprint density at radius 3 is 2.73 bits per heavy atom. The SMILES string of the molecule is CN=C/C(=C\N)c1cnc2ccc3ccc(CS(=O)NCc4ccccn4)cc3c(=O)c2c1. The topological polar surface area (TPSA) is 110 Å². The summed E-state index contributed by atoms with van der Waals surface area (Å²) in [7, 11) is 0.340. The van der Waals surface area contributed by atoms with Crippen molar-refractivity contribution in [2.45, 2.75) is 12.3 Å². The van der Waals surface area contributed by atoms with Gasteiger partial charge in [0.15, 0.2) is 5.43 Å². The van der Waals surface area contributed by atoms with Crippen LogP contribution in [0, 0.1) is 0 Å². The molecule has 166 valence electrons. The second kappa shape index (κ2) is 10.2. The average molecular weight is 458 g/mol. The van der Waals surface area contributed by atoms with Crippen LogP contribution >= 0.6 is 0 Å². The van der Waals surface area contributed by atoms with Crippen molar-refractivity contribution >= 4 is 44.4 Å². The van der Waals surface area contributed by atoms with Gasteiger partial charge in [-0.2, -0.15) is 0 Å². The Balaban J connectivity index is 1.68. The monoisotopic (exact) mass is 457 g/mol. The molecule has 0 saturated heterocycles. The first-order chi connectivity index (χ1) is 16.1. The van der Waals surface area contributed by atoms with Crippen molar-refractivity contribution in [3.05, 3.63) is 100 Å². The van der Waals surface area contributed by atoms with Gasteiger partial charge in [-0.3, -0.25) is 19.8 Å². The van der Waals surface area contributed by atoms with E-state index in [0.717, 1.165) is 16.6 Å². The lowest BCUT2D eigenvalue weighted by Crippen LogP contribution is -2.18. The molecule has 8 heteroatoms. The highest BCUT2D eigenvalue weighted by molar-refractivity contribution is 7.82. The average Bonchev–Trinajstić information content (AvgIpc) is 2.98. The molecule has 7 nitrogen and oxygen atoms in total. The van der Waals surface area contributed by atoms with Crippen LogP contribution in [0.15, 0.2) is 83.0 Å². The minimum Gasteiger partial charge on any atom is -0.404 e. The lowest BCUT2D eigenvalue weighted by Gasteiger charge is -2.05. The summed E-state index contributed by atoms with van der Waals surface area (Å²) in [6.07, 6.45) is 6.44. The molecular weight excluding hydrogens is 434 g/mol. The van der Waals surface area contributed by atoms with Gasteiger partial charge in [0.2, 0.25) is 0 Å². The van der Waals surface area contributed by atoms with Crippen molar-refractivity contribution in [1.29, 1.82) is 0 Å². The molecule has 0 spiro atoms. The predicted octanol–water partition coefficient (Wildman–Crippen LogP) is 3.10. The molecule has 4 rings (SSSR count). The maximum Gasteiger partial charge on any atom is 0.195 e. The Kier molecular flexibility index (Phi) is 6.97. The van der Waals surface area contributed by atoms with Crippen molar-refractivity contribution in [3.63, 3.8) is 0 Å². The maximum atomic E-state index is 13.4. The summed E-state index contributed by atoms with van der Waals surface area (Å²) in [5.74, 6) is 0.273. The number of aliphatic imine (C=N–C) groups is 1. The van der Waals surface area contributed by atoms with Crippen LogP contribution in [0.2, 0.25) is 0 Å². The number of aromatic nitrogens is 2. The van der Waals surface area contributed by atoms with Crippen molar-refractivity contribution in [2.75, 3.05) is 7.05 Å². The lowest BCUT2D eigenvalue weighted by molar-refractivity contribution is 0.670. The van der Waals surface area contributed by atoms with E-state index in [2.05, 4.69) is 19.7 Å². The summed E-state index contributed by atoms with van der Waals surface area (Å²) in [4.78, 5) is 26.1. The van der Waals surface area contributed by atoms with Gasteiger partial charge in [0.05, 0.1) is 34.5 Å². The molecule has 1 unspecified atom stereocenters. The molecule has 0 aliphatic heterocycles. The number of allylic oxidation sites excluding steroid dienone is 1.